The highest BCUT2D eigenvalue weighted by Crippen LogP contribution is 2.36. The minimum Gasteiger partial charge on any atom is -0.382 e. The van der Waals surface area contributed by atoms with Gasteiger partial charge < -0.3 is 14.5 Å². The molecule has 0 saturated carbocycles. The number of thiocarbonyl (C=S) groups is 1. The second-order valence-electron chi connectivity index (χ2n) is 8.61. The molecule has 0 aliphatic carbocycles. The number of nitrogens with zero attached hydrogens (tertiary/aromatic N) is 5. The van der Waals surface area contributed by atoms with Crippen molar-refractivity contribution in [3.63, 3.8) is 0 Å². The molecule has 0 radical (unpaired) electrons. The topological polar surface area (TPSA) is 81.8 Å². The van der Waals surface area contributed by atoms with Crippen molar-refractivity contribution in [2.24, 2.45) is 0 Å². The Hall–Kier alpha value is -2.19. The Morgan fingerprint density at radius 1 is 1.14 bits per heavy atom. The van der Waals surface area contributed by atoms with Crippen LogP contribution in [0.15, 0.2) is 9.70 Å². The van der Waals surface area contributed by atoms with Gasteiger partial charge >= 0.3 is 0 Å². The van der Waals surface area contributed by atoms with Gasteiger partial charge in [0.15, 0.2) is 0 Å². The minimum absolute atomic E-state index is 0.132. The maximum Gasteiger partial charge on any atom is 0.270 e. The predicted octanol–water partition coefficient (Wildman–Crippen LogP) is 3.21. The lowest BCUT2D eigenvalue weighted by Crippen LogP contribution is -2.48. The molecule has 0 N–H and O–H groups in total. The molecule has 3 rings (SSSR count). The maximum atomic E-state index is 13.3. The third-order valence-electron chi connectivity index (χ3n) is 6.44. The molecule has 0 aromatic carbocycles. The van der Waals surface area contributed by atoms with Crippen molar-refractivity contribution in [3.8, 4) is 6.07 Å². The lowest BCUT2D eigenvalue weighted by atomic mass is 10.0. The van der Waals surface area contributed by atoms with Crippen LogP contribution in [0, 0.1) is 18.3 Å². The van der Waals surface area contributed by atoms with Crippen LogP contribution in [-0.2, 0) is 16.1 Å². The molecule has 1 aromatic rings. The van der Waals surface area contributed by atoms with Crippen molar-refractivity contribution in [3.05, 3.63) is 31.9 Å². The summed E-state index contributed by atoms with van der Waals surface area (Å²) >= 11 is 6.78. The number of thioether (sulfide) groups is 1. The SMILES string of the molecule is CCCn1c(N2CCN(CC)CC2)c(/C=C2/SC(=S)N(CCCOCC)C2=O)c(C)c(C#N)c1=O. The molecule has 190 valence electrons. The summed E-state index contributed by atoms with van der Waals surface area (Å²) in [4.78, 5) is 33.3. The van der Waals surface area contributed by atoms with Crippen molar-refractivity contribution in [1.29, 1.82) is 5.26 Å². The van der Waals surface area contributed by atoms with Gasteiger partial charge in [0.1, 0.15) is 21.8 Å². The zero-order valence-corrected chi connectivity index (χ0v) is 22.8. The molecule has 35 heavy (non-hydrogen) atoms. The number of likely N-dealkylation sites (N-methyl/N-ethyl adjacent to an activating group) is 1. The van der Waals surface area contributed by atoms with Crippen LogP contribution in [0.25, 0.3) is 6.08 Å². The lowest BCUT2D eigenvalue weighted by molar-refractivity contribution is -0.122. The van der Waals surface area contributed by atoms with Gasteiger partial charge in [-0.05, 0) is 44.9 Å². The van der Waals surface area contributed by atoms with Crippen LogP contribution >= 0.6 is 24.0 Å². The Bertz CT molecular complexity index is 1080. The Morgan fingerprint density at radius 3 is 2.46 bits per heavy atom. The molecule has 0 atom stereocenters. The number of nitriles is 1. The second kappa shape index (κ2) is 12.7. The van der Waals surface area contributed by atoms with Gasteiger partial charge in [0.05, 0.1) is 4.91 Å². The van der Waals surface area contributed by atoms with E-state index in [1.807, 2.05) is 19.9 Å². The fraction of sp³-hybridized carbons (Fsp3) is 0.600. The van der Waals surface area contributed by atoms with Crippen LogP contribution < -0.4 is 10.5 Å². The third kappa shape index (κ3) is 5.97. The van der Waals surface area contributed by atoms with Gasteiger partial charge in [-0.25, -0.2) is 0 Å². The molecule has 1 amide bonds. The maximum absolute atomic E-state index is 13.3. The molecule has 2 aliphatic rings. The number of aromatic nitrogens is 1. The summed E-state index contributed by atoms with van der Waals surface area (Å²) in [6, 6.07) is 2.11. The highest BCUT2D eigenvalue weighted by molar-refractivity contribution is 8.26. The molecule has 0 unspecified atom stereocenters. The van der Waals surface area contributed by atoms with Gasteiger partial charge in [-0.1, -0.05) is 37.8 Å². The fourth-order valence-electron chi connectivity index (χ4n) is 4.48. The Labute approximate surface area is 217 Å². The number of rotatable bonds is 10. The number of carbonyl (C=O) groups is 1. The Morgan fingerprint density at radius 2 is 1.86 bits per heavy atom. The number of pyridine rings is 1. The molecule has 3 heterocycles. The summed E-state index contributed by atoms with van der Waals surface area (Å²) < 4.78 is 7.65. The molecule has 0 spiro atoms. The standard InChI is InChI=1S/C25H35N5O3S2/c1-5-9-29-22(28-13-11-27(6-2)12-14-28)19(18(4)20(17-26)23(29)31)16-21-24(32)30(25(34)35-21)10-8-15-33-7-3/h16H,5-15H2,1-4H3/b21-16+. The van der Waals surface area contributed by atoms with Gasteiger partial charge in [0.2, 0.25) is 0 Å². The van der Waals surface area contributed by atoms with Gasteiger partial charge in [0.25, 0.3) is 11.5 Å². The molecular weight excluding hydrogens is 482 g/mol. The van der Waals surface area contributed by atoms with Gasteiger partial charge in [-0.2, -0.15) is 5.26 Å². The van der Waals surface area contributed by atoms with E-state index in [1.165, 1.54) is 11.8 Å². The first kappa shape index (κ1) is 27.4. The zero-order chi connectivity index (χ0) is 25.5. The minimum atomic E-state index is -0.264. The van der Waals surface area contributed by atoms with Crippen molar-refractivity contribution in [1.82, 2.24) is 14.4 Å². The number of carbonyl (C=O) groups excluding carboxylic acids is 1. The summed E-state index contributed by atoms with van der Waals surface area (Å²) in [5.41, 5.74) is 1.24. The average molecular weight is 518 g/mol. The number of hydrogen-bond donors (Lipinski definition) is 0. The van der Waals surface area contributed by atoms with Gasteiger partial charge in [0, 0.05) is 58.0 Å². The van der Waals surface area contributed by atoms with Crippen LogP contribution in [0.4, 0.5) is 5.82 Å². The van der Waals surface area contributed by atoms with Crippen molar-refractivity contribution >= 4 is 46.1 Å². The highest BCUT2D eigenvalue weighted by Gasteiger charge is 2.33. The van der Waals surface area contributed by atoms with E-state index in [-0.39, 0.29) is 17.0 Å². The van der Waals surface area contributed by atoms with E-state index >= 15 is 0 Å². The molecule has 2 aliphatic heterocycles. The van der Waals surface area contributed by atoms with Crippen molar-refractivity contribution in [2.75, 3.05) is 57.4 Å². The van der Waals surface area contributed by atoms with Crippen molar-refractivity contribution < 1.29 is 9.53 Å². The van der Waals surface area contributed by atoms with Crippen molar-refractivity contribution in [2.45, 2.75) is 47.1 Å². The number of hydrogen-bond acceptors (Lipinski definition) is 8. The predicted molar refractivity (Wildman–Crippen MR) is 146 cm³/mol. The molecule has 2 saturated heterocycles. The summed E-state index contributed by atoms with van der Waals surface area (Å²) in [7, 11) is 0. The van der Waals surface area contributed by atoms with Crippen LogP contribution in [0.3, 0.4) is 0 Å². The third-order valence-corrected chi connectivity index (χ3v) is 7.81. The average Bonchev–Trinajstić information content (AvgIpc) is 3.12. The number of anilines is 1. The number of ether oxygens (including phenoxy) is 1. The van der Waals surface area contributed by atoms with E-state index < -0.39 is 0 Å². The van der Waals surface area contributed by atoms with Gasteiger partial charge in [-0.3, -0.25) is 19.1 Å². The van der Waals surface area contributed by atoms with Crippen LogP contribution in [0.5, 0.6) is 0 Å². The highest BCUT2D eigenvalue weighted by atomic mass is 32.2. The molecule has 8 nitrogen and oxygen atoms in total. The van der Waals surface area contributed by atoms with Crippen LogP contribution in [0.1, 0.15) is 50.3 Å². The Balaban J connectivity index is 2.07. The lowest BCUT2D eigenvalue weighted by Gasteiger charge is -2.37. The van der Waals surface area contributed by atoms with E-state index in [2.05, 4.69) is 22.8 Å². The van der Waals surface area contributed by atoms with E-state index in [0.29, 0.717) is 47.5 Å². The summed E-state index contributed by atoms with van der Waals surface area (Å²) in [6.07, 6.45) is 3.31. The first-order valence-corrected chi connectivity index (χ1v) is 13.6. The van der Waals surface area contributed by atoms with E-state index in [1.54, 1.807) is 16.4 Å². The smallest absolute Gasteiger partial charge is 0.270 e. The normalized spacial score (nSPS) is 18.1. The summed E-state index contributed by atoms with van der Waals surface area (Å²) in [5, 5.41) is 9.80. The monoisotopic (exact) mass is 517 g/mol. The van der Waals surface area contributed by atoms with E-state index in [9.17, 15) is 14.9 Å². The zero-order valence-electron chi connectivity index (χ0n) is 21.1. The number of piperazine rings is 1. The molecular formula is C25H35N5O3S2. The largest absolute Gasteiger partial charge is 0.382 e. The first-order chi connectivity index (χ1) is 16.9. The Kier molecular flexibility index (Phi) is 9.92. The van der Waals surface area contributed by atoms with Gasteiger partial charge in [-0.15, -0.1) is 0 Å². The van der Waals surface area contributed by atoms with Crippen LogP contribution in [-0.4, -0.2) is 77.1 Å². The fourth-order valence-corrected chi connectivity index (χ4v) is 5.78. The molecule has 2 fully saturated rings. The van der Waals surface area contributed by atoms with E-state index in [0.717, 1.165) is 50.5 Å². The first-order valence-electron chi connectivity index (χ1n) is 12.4. The molecule has 0 bridgehead atoms. The quantitative estimate of drug-likeness (QED) is 0.266. The second-order valence-corrected chi connectivity index (χ2v) is 10.3. The molecule has 1 aromatic heterocycles. The number of amides is 1. The van der Waals surface area contributed by atoms with Crippen LogP contribution in [0.2, 0.25) is 0 Å². The summed E-state index contributed by atoms with van der Waals surface area (Å²) in [6.45, 7) is 14.5. The molecule has 10 heteroatoms. The van der Waals surface area contributed by atoms with E-state index in [4.69, 9.17) is 17.0 Å². The summed E-state index contributed by atoms with van der Waals surface area (Å²) in [5.74, 6) is 0.662.